The Kier molecular flexibility index (Phi) is 3.84. The van der Waals surface area contributed by atoms with Crippen LogP contribution in [0.15, 0.2) is 48.0 Å². The van der Waals surface area contributed by atoms with Gasteiger partial charge >= 0.3 is 0 Å². The molecule has 0 radical (unpaired) electrons. The maximum absolute atomic E-state index is 12.4. The van der Waals surface area contributed by atoms with E-state index in [0.29, 0.717) is 24.4 Å². The first kappa shape index (κ1) is 14.6. The molecule has 0 atom stereocenters. The largest absolute Gasteiger partial charge is 0.306 e. The molecule has 0 spiro atoms. The van der Waals surface area contributed by atoms with Gasteiger partial charge in [-0.15, -0.1) is 0 Å². The van der Waals surface area contributed by atoms with Gasteiger partial charge in [0.2, 0.25) is 0 Å². The summed E-state index contributed by atoms with van der Waals surface area (Å²) in [7, 11) is 0. The topological polar surface area (TPSA) is 87.7 Å². The van der Waals surface area contributed by atoms with E-state index in [2.05, 4.69) is 35.9 Å². The van der Waals surface area contributed by atoms with E-state index in [-0.39, 0.29) is 5.56 Å². The fraction of sp³-hybridized carbons (Fsp3) is 0.235. The number of H-pyrrole nitrogens is 1. The first-order chi connectivity index (χ1) is 11.8. The molecule has 0 amide bonds. The Morgan fingerprint density at radius 3 is 2.83 bits per heavy atom. The molecule has 1 aliphatic rings. The minimum atomic E-state index is -0.0696. The predicted molar refractivity (Wildman–Crippen MR) is 87.9 cm³/mol. The van der Waals surface area contributed by atoms with Crippen molar-refractivity contribution in [2.24, 2.45) is 0 Å². The molecule has 0 bridgehead atoms. The predicted octanol–water partition coefficient (Wildman–Crippen LogP) is 1.18. The molecule has 24 heavy (non-hydrogen) atoms. The zero-order valence-electron chi connectivity index (χ0n) is 13.0. The number of aromatic nitrogens is 5. The Labute approximate surface area is 138 Å². The minimum Gasteiger partial charge on any atom is -0.306 e. The highest BCUT2D eigenvalue weighted by Crippen LogP contribution is 2.19. The van der Waals surface area contributed by atoms with Gasteiger partial charge in [-0.1, -0.05) is 6.07 Å². The lowest BCUT2D eigenvalue weighted by molar-refractivity contribution is 0.240. The van der Waals surface area contributed by atoms with E-state index in [1.807, 2.05) is 12.3 Å². The van der Waals surface area contributed by atoms with Gasteiger partial charge < -0.3 is 4.98 Å². The molecule has 7 nitrogen and oxygen atoms in total. The maximum atomic E-state index is 12.4. The Bertz CT molecular complexity index is 894. The molecule has 1 N–H and O–H groups in total. The van der Waals surface area contributed by atoms with Crippen LogP contribution in [0.2, 0.25) is 0 Å². The lowest BCUT2D eigenvalue weighted by atomic mass is 10.1. The minimum absolute atomic E-state index is 0.0696. The van der Waals surface area contributed by atoms with Gasteiger partial charge in [0.25, 0.3) is 5.56 Å². The quantitative estimate of drug-likeness (QED) is 0.780. The van der Waals surface area contributed by atoms with Crippen molar-refractivity contribution in [1.29, 1.82) is 0 Å². The van der Waals surface area contributed by atoms with Crippen LogP contribution in [0, 0.1) is 0 Å². The normalized spacial score (nSPS) is 14.3. The lowest BCUT2D eigenvalue weighted by Gasteiger charge is -2.27. The molecule has 0 fully saturated rings. The Balaban J connectivity index is 1.62. The Morgan fingerprint density at radius 1 is 1.17 bits per heavy atom. The molecule has 0 aliphatic carbocycles. The first-order valence-electron chi connectivity index (χ1n) is 7.78. The second-order valence-electron chi connectivity index (χ2n) is 5.79. The monoisotopic (exact) mass is 320 g/mol. The molecule has 3 aromatic rings. The van der Waals surface area contributed by atoms with E-state index in [1.54, 1.807) is 18.6 Å². The van der Waals surface area contributed by atoms with Gasteiger partial charge in [-0.2, -0.15) is 0 Å². The molecule has 1 aliphatic heterocycles. The number of rotatable bonds is 3. The lowest BCUT2D eigenvalue weighted by Crippen LogP contribution is -2.35. The standard InChI is InChI=1S/C17H16N6O/c24-17-14-3-5-23(9-12-2-1-4-18-6-12)10-15(14)21-16(22-17)13-7-19-11-20-8-13/h1-2,4,6-8,11H,3,5,9-10H2,(H,21,22,24). The van der Waals surface area contributed by atoms with Crippen molar-refractivity contribution in [3.8, 4) is 11.4 Å². The summed E-state index contributed by atoms with van der Waals surface area (Å²) >= 11 is 0. The van der Waals surface area contributed by atoms with E-state index < -0.39 is 0 Å². The molecular formula is C17H16N6O. The number of nitrogens with zero attached hydrogens (tertiary/aromatic N) is 5. The van der Waals surface area contributed by atoms with Crippen LogP contribution in [0.3, 0.4) is 0 Å². The summed E-state index contributed by atoms with van der Waals surface area (Å²) in [6.45, 7) is 2.28. The second-order valence-corrected chi connectivity index (χ2v) is 5.79. The van der Waals surface area contributed by atoms with Crippen molar-refractivity contribution >= 4 is 0 Å². The molecule has 120 valence electrons. The van der Waals surface area contributed by atoms with Crippen molar-refractivity contribution in [1.82, 2.24) is 29.8 Å². The number of aromatic amines is 1. The third-order valence-electron chi connectivity index (χ3n) is 4.12. The van der Waals surface area contributed by atoms with E-state index in [4.69, 9.17) is 0 Å². The van der Waals surface area contributed by atoms with E-state index in [0.717, 1.165) is 29.9 Å². The van der Waals surface area contributed by atoms with Gasteiger partial charge in [-0.25, -0.2) is 15.0 Å². The summed E-state index contributed by atoms with van der Waals surface area (Å²) in [6, 6.07) is 3.99. The zero-order valence-corrected chi connectivity index (χ0v) is 13.0. The second kappa shape index (κ2) is 6.29. The SMILES string of the molecule is O=c1[nH]c(-c2cncnc2)nc2c1CCN(Cc1cccnc1)C2. The van der Waals surface area contributed by atoms with E-state index in [9.17, 15) is 4.79 Å². The number of pyridine rings is 1. The molecule has 0 aromatic carbocycles. The summed E-state index contributed by atoms with van der Waals surface area (Å²) in [5, 5.41) is 0. The van der Waals surface area contributed by atoms with Crippen LogP contribution in [0.5, 0.6) is 0 Å². The van der Waals surface area contributed by atoms with Crippen LogP contribution in [0.4, 0.5) is 0 Å². The summed E-state index contributed by atoms with van der Waals surface area (Å²) < 4.78 is 0. The molecule has 4 heterocycles. The van der Waals surface area contributed by atoms with Crippen molar-refractivity contribution in [2.75, 3.05) is 6.54 Å². The van der Waals surface area contributed by atoms with Crippen molar-refractivity contribution in [3.63, 3.8) is 0 Å². The highest BCUT2D eigenvalue weighted by molar-refractivity contribution is 5.52. The highest BCUT2D eigenvalue weighted by Gasteiger charge is 2.21. The van der Waals surface area contributed by atoms with Crippen LogP contribution in [0.25, 0.3) is 11.4 Å². The average molecular weight is 320 g/mol. The van der Waals surface area contributed by atoms with Gasteiger partial charge in [0.1, 0.15) is 12.2 Å². The zero-order chi connectivity index (χ0) is 16.4. The van der Waals surface area contributed by atoms with E-state index in [1.165, 1.54) is 6.33 Å². The van der Waals surface area contributed by atoms with Gasteiger partial charge in [0, 0.05) is 50.0 Å². The Morgan fingerprint density at radius 2 is 2.04 bits per heavy atom. The van der Waals surface area contributed by atoms with Crippen LogP contribution in [0.1, 0.15) is 16.8 Å². The smallest absolute Gasteiger partial charge is 0.254 e. The number of nitrogens with one attached hydrogen (secondary N) is 1. The molecule has 7 heteroatoms. The molecule has 4 rings (SSSR count). The van der Waals surface area contributed by atoms with Crippen LogP contribution in [-0.4, -0.2) is 36.4 Å². The first-order valence-corrected chi connectivity index (χ1v) is 7.78. The van der Waals surface area contributed by atoms with Crippen LogP contribution >= 0.6 is 0 Å². The molecule has 0 saturated heterocycles. The van der Waals surface area contributed by atoms with Crippen molar-refractivity contribution < 1.29 is 0 Å². The number of hydrogen-bond acceptors (Lipinski definition) is 6. The fourth-order valence-electron chi connectivity index (χ4n) is 2.94. The molecule has 3 aromatic heterocycles. The highest BCUT2D eigenvalue weighted by atomic mass is 16.1. The average Bonchev–Trinajstić information content (AvgIpc) is 2.63. The fourth-order valence-corrected chi connectivity index (χ4v) is 2.94. The Hall–Kier alpha value is -2.93. The molecular weight excluding hydrogens is 304 g/mol. The summed E-state index contributed by atoms with van der Waals surface area (Å²) in [6.07, 6.45) is 9.08. The van der Waals surface area contributed by atoms with Gasteiger partial charge in [-0.3, -0.25) is 14.7 Å². The molecule has 0 saturated carbocycles. The summed E-state index contributed by atoms with van der Waals surface area (Å²) in [4.78, 5) is 34.2. The number of fused-ring (bicyclic) bond motifs is 1. The van der Waals surface area contributed by atoms with Gasteiger partial charge in [-0.05, 0) is 18.1 Å². The van der Waals surface area contributed by atoms with Crippen molar-refractivity contribution in [3.05, 3.63) is 70.4 Å². The van der Waals surface area contributed by atoms with Crippen molar-refractivity contribution in [2.45, 2.75) is 19.5 Å². The number of hydrogen-bond donors (Lipinski definition) is 1. The summed E-state index contributed by atoms with van der Waals surface area (Å²) in [5.74, 6) is 0.516. The summed E-state index contributed by atoms with van der Waals surface area (Å²) in [5.41, 5.74) is 3.40. The van der Waals surface area contributed by atoms with Crippen LogP contribution in [-0.2, 0) is 19.5 Å². The maximum Gasteiger partial charge on any atom is 0.254 e. The van der Waals surface area contributed by atoms with Gasteiger partial charge in [0.05, 0.1) is 11.3 Å². The molecule has 0 unspecified atom stereocenters. The van der Waals surface area contributed by atoms with Crippen LogP contribution < -0.4 is 5.56 Å². The van der Waals surface area contributed by atoms with Gasteiger partial charge in [0.15, 0.2) is 0 Å². The third-order valence-corrected chi connectivity index (χ3v) is 4.12. The third kappa shape index (κ3) is 2.93. The van der Waals surface area contributed by atoms with E-state index >= 15 is 0 Å².